The monoisotopic (exact) mass is 351 g/mol. The Balaban J connectivity index is 2.00. The number of aryl methyl sites for hydroxylation is 1. The van der Waals surface area contributed by atoms with Gasteiger partial charge in [0.15, 0.2) is 0 Å². The van der Waals surface area contributed by atoms with Crippen molar-refractivity contribution in [3.63, 3.8) is 0 Å². The molecule has 0 bridgehead atoms. The van der Waals surface area contributed by atoms with Gasteiger partial charge >= 0.3 is 0 Å². The highest BCUT2D eigenvalue weighted by atomic mass is 35.5. The van der Waals surface area contributed by atoms with E-state index in [1.165, 1.54) is 6.08 Å². The predicted octanol–water partition coefficient (Wildman–Crippen LogP) is 5.00. The van der Waals surface area contributed by atoms with Gasteiger partial charge in [-0.1, -0.05) is 42.5 Å². The van der Waals surface area contributed by atoms with Crippen molar-refractivity contribution in [1.29, 1.82) is 0 Å². The molecule has 0 fully saturated rings. The minimum absolute atomic E-state index is 0.255. The van der Waals surface area contributed by atoms with Crippen molar-refractivity contribution in [2.24, 2.45) is 0 Å². The lowest BCUT2D eigenvalue weighted by atomic mass is 10.1. The standard InChI is InChI=1S/C20H18ClN3O/c1-3-19(25)23-17-11-18-15(13-24(4-2)20(18)22-12-17)8-5-14-6-9-16(21)10-7-14/h3,5-13H,1,4H2,2H3,(H,23,25)/b8-5+. The molecule has 0 saturated carbocycles. The Labute approximate surface area is 151 Å². The molecule has 2 heterocycles. The fourth-order valence-corrected chi connectivity index (χ4v) is 2.72. The van der Waals surface area contributed by atoms with Gasteiger partial charge in [0.05, 0.1) is 11.9 Å². The first-order chi connectivity index (χ1) is 12.1. The van der Waals surface area contributed by atoms with Gasteiger partial charge in [0.2, 0.25) is 5.91 Å². The van der Waals surface area contributed by atoms with Gasteiger partial charge in [-0.3, -0.25) is 4.79 Å². The number of fused-ring (bicyclic) bond motifs is 1. The van der Waals surface area contributed by atoms with Crippen LogP contribution >= 0.6 is 11.6 Å². The zero-order valence-electron chi connectivity index (χ0n) is 13.9. The fraction of sp³-hybridized carbons (Fsp3) is 0.100. The number of hydrogen-bond donors (Lipinski definition) is 1. The molecule has 3 rings (SSSR count). The Kier molecular flexibility index (Phi) is 5.00. The molecule has 0 radical (unpaired) electrons. The summed E-state index contributed by atoms with van der Waals surface area (Å²) < 4.78 is 2.08. The number of rotatable bonds is 5. The number of carbonyl (C=O) groups is 1. The van der Waals surface area contributed by atoms with E-state index in [0.29, 0.717) is 10.7 Å². The average molecular weight is 352 g/mol. The third-order valence-electron chi connectivity index (χ3n) is 3.86. The molecular formula is C20H18ClN3O. The van der Waals surface area contributed by atoms with Crippen LogP contribution in [0.15, 0.2) is 55.4 Å². The number of amides is 1. The molecule has 5 heteroatoms. The van der Waals surface area contributed by atoms with E-state index in [4.69, 9.17) is 11.6 Å². The van der Waals surface area contributed by atoms with Gasteiger partial charge in [-0.05, 0) is 36.8 Å². The van der Waals surface area contributed by atoms with Crippen LogP contribution in [0.4, 0.5) is 5.69 Å². The Bertz CT molecular complexity index is 955. The maximum atomic E-state index is 11.5. The molecule has 4 nitrogen and oxygen atoms in total. The predicted molar refractivity (Wildman–Crippen MR) is 105 cm³/mol. The largest absolute Gasteiger partial charge is 0.332 e. The summed E-state index contributed by atoms with van der Waals surface area (Å²) in [6, 6.07) is 9.58. The molecule has 0 aliphatic rings. The van der Waals surface area contributed by atoms with Crippen LogP contribution in [0.25, 0.3) is 23.2 Å². The summed E-state index contributed by atoms with van der Waals surface area (Å²) in [4.78, 5) is 16.0. The number of anilines is 1. The molecule has 0 saturated heterocycles. The molecule has 1 N–H and O–H groups in total. The number of halogens is 1. The lowest BCUT2D eigenvalue weighted by Crippen LogP contribution is -2.07. The van der Waals surface area contributed by atoms with Gasteiger partial charge < -0.3 is 9.88 Å². The molecular weight excluding hydrogens is 334 g/mol. The van der Waals surface area contributed by atoms with Gasteiger partial charge in [-0.2, -0.15) is 0 Å². The molecule has 0 aliphatic carbocycles. The molecule has 25 heavy (non-hydrogen) atoms. The third-order valence-corrected chi connectivity index (χ3v) is 4.12. The lowest BCUT2D eigenvalue weighted by molar-refractivity contribution is -0.111. The number of benzene rings is 1. The van der Waals surface area contributed by atoms with Crippen LogP contribution in [-0.4, -0.2) is 15.5 Å². The van der Waals surface area contributed by atoms with Crippen molar-refractivity contribution in [1.82, 2.24) is 9.55 Å². The molecule has 3 aromatic rings. The first kappa shape index (κ1) is 17.0. The van der Waals surface area contributed by atoms with Crippen molar-refractivity contribution in [2.45, 2.75) is 13.5 Å². The van der Waals surface area contributed by atoms with Crippen LogP contribution in [-0.2, 0) is 11.3 Å². The second-order valence-electron chi connectivity index (χ2n) is 5.54. The van der Waals surface area contributed by atoms with E-state index in [1.54, 1.807) is 6.20 Å². The minimum Gasteiger partial charge on any atom is -0.332 e. The zero-order chi connectivity index (χ0) is 17.8. The summed E-state index contributed by atoms with van der Waals surface area (Å²) in [5.41, 5.74) is 3.63. The molecule has 0 atom stereocenters. The van der Waals surface area contributed by atoms with Crippen molar-refractivity contribution < 1.29 is 4.79 Å². The molecule has 0 aliphatic heterocycles. The van der Waals surface area contributed by atoms with Crippen LogP contribution < -0.4 is 5.32 Å². The van der Waals surface area contributed by atoms with Gasteiger partial charge in [0, 0.05) is 28.7 Å². The van der Waals surface area contributed by atoms with E-state index >= 15 is 0 Å². The molecule has 126 valence electrons. The highest BCUT2D eigenvalue weighted by molar-refractivity contribution is 6.30. The van der Waals surface area contributed by atoms with Gasteiger partial charge in [0.25, 0.3) is 0 Å². The summed E-state index contributed by atoms with van der Waals surface area (Å²) in [5, 5.41) is 4.45. The van der Waals surface area contributed by atoms with Crippen molar-refractivity contribution in [3.8, 4) is 0 Å². The Hall–Kier alpha value is -2.85. The topological polar surface area (TPSA) is 46.9 Å². The second kappa shape index (κ2) is 7.36. The summed E-state index contributed by atoms with van der Waals surface area (Å²) in [6.45, 7) is 6.35. The lowest BCUT2D eigenvalue weighted by Gasteiger charge is -2.03. The summed E-state index contributed by atoms with van der Waals surface area (Å²) in [7, 11) is 0. The van der Waals surface area contributed by atoms with Gasteiger partial charge in [-0.15, -0.1) is 0 Å². The summed E-state index contributed by atoms with van der Waals surface area (Å²) >= 11 is 5.92. The van der Waals surface area contributed by atoms with Crippen molar-refractivity contribution in [3.05, 3.63) is 71.5 Å². The average Bonchev–Trinajstić information content (AvgIpc) is 2.98. The van der Waals surface area contributed by atoms with Crippen molar-refractivity contribution >= 4 is 46.4 Å². The number of nitrogens with zero attached hydrogens (tertiary/aromatic N) is 2. The normalized spacial score (nSPS) is 11.1. The summed E-state index contributed by atoms with van der Waals surface area (Å²) in [5.74, 6) is -0.255. The van der Waals surface area contributed by atoms with Gasteiger partial charge in [-0.25, -0.2) is 4.98 Å². The van der Waals surface area contributed by atoms with E-state index in [-0.39, 0.29) is 5.91 Å². The highest BCUT2D eigenvalue weighted by Gasteiger charge is 2.09. The summed E-state index contributed by atoms with van der Waals surface area (Å²) in [6.07, 6.45) is 9.02. The van der Waals surface area contributed by atoms with Crippen molar-refractivity contribution in [2.75, 3.05) is 5.32 Å². The van der Waals surface area contributed by atoms with Gasteiger partial charge in [0.1, 0.15) is 5.65 Å². The van der Waals surface area contributed by atoms with E-state index in [1.807, 2.05) is 42.5 Å². The Morgan fingerprint density at radius 3 is 2.76 bits per heavy atom. The van der Waals surface area contributed by atoms with Crippen LogP contribution in [0.5, 0.6) is 0 Å². The molecule has 2 aromatic heterocycles. The van der Waals surface area contributed by atoms with Crippen LogP contribution in [0, 0.1) is 0 Å². The molecule has 1 aromatic carbocycles. The number of aromatic nitrogens is 2. The Morgan fingerprint density at radius 2 is 2.08 bits per heavy atom. The maximum absolute atomic E-state index is 11.5. The molecule has 0 unspecified atom stereocenters. The van der Waals surface area contributed by atoms with E-state index in [9.17, 15) is 4.79 Å². The smallest absolute Gasteiger partial charge is 0.247 e. The minimum atomic E-state index is -0.255. The number of nitrogens with one attached hydrogen (secondary N) is 1. The number of pyridine rings is 1. The number of carbonyl (C=O) groups excluding carboxylic acids is 1. The SMILES string of the molecule is C=CC(=O)Nc1cnc2c(c1)c(/C=C/c1ccc(Cl)cc1)cn2CC. The van der Waals surface area contributed by atoms with E-state index in [0.717, 1.165) is 28.7 Å². The quantitative estimate of drug-likeness (QED) is 0.657. The van der Waals surface area contributed by atoms with E-state index in [2.05, 4.69) is 34.6 Å². The number of hydrogen-bond acceptors (Lipinski definition) is 2. The fourth-order valence-electron chi connectivity index (χ4n) is 2.59. The second-order valence-corrected chi connectivity index (χ2v) is 5.98. The van der Waals surface area contributed by atoms with E-state index < -0.39 is 0 Å². The molecule has 1 amide bonds. The van der Waals surface area contributed by atoms with Crippen LogP contribution in [0.1, 0.15) is 18.1 Å². The molecule has 0 spiro atoms. The first-order valence-electron chi connectivity index (χ1n) is 7.96. The third kappa shape index (κ3) is 3.80. The van der Waals surface area contributed by atoms with Crippen LogP contribution in [0.2, 0.25) is 5.02 Å². The maximum Gasteiger partial charge on any atom is 0.247 e. The highest BCUT2D eigenvalue weighted by Crippen LogP contribution is 2.25. The zero-order valence-corrected chi connectivity index (χ0v) is 14.6. The van der Waals surface area contributed by atoms with Crippen LogP contribution in [0.3, 0.4) is 0 Å². The Morgan fingerprint density at radius 1 is 1.32 bits per heavy atom. The first-order valence-corrected chi connectivity index (χ1v) is 8.34.